The van der Waals surface area contributed by atoms with Crippen molar-refractivity contribution >= 4 is 33.4 Å². The van der Waals surface area contributed by atoms with Gasteiger partial charge in [-0.2, -0.15) is 0 Å². The highest BCUT2D eigenvalue weighted by Crippen LogP contribution is 2.26. The van der Waals surface area contributed by atoms with Crippen LogP contribution >= 0.6 is 11.3 Å². The Morgan fingerprint density at radius 1 is 1.30 bits per heavy atom. The average Bonchev–Trinajstić information content (AvgIpc) is 3.11. The lowest BCUT2D eigenvalue weighted by atomic mass is 9.93. The average molecular weight is 329 g/mol. The first-order chi connectivity index (χ1) is 10.9. The van der Waals surface area contributed by atoms with Crippen molar-refractivity contribution in [3.05, 3.63) is 35.3 Å². The second kappa shape index (κ2) is 6.08. The smallest absolute Gasteiger partial charge is 0.228 e. The van der Waals surface area contributed by atoms with Crippen molar-refractivity contribution in [2.75, 3.05) is 5.32 Å². The Morgan fingerprint density at radius 3 is 2.83 bits per heavy atom. The van der Waals surface area contributed by atoms with Crippen molar-refractivity contribution in [1.82, 2.24) is 20.0 Å². The summed E-state index contributed by atoms with van der Waals surface area (Å²) in [6.07, 6.45) is 0.331. The van der Waals surface area contributed by atoms with E-state index in [0.717, 1.165) is 16.7 Å². The number of aryl methyl sites for hydroxylation is 1. The summed E-state index contributed by atoms with van der Waals surface area (Å²) in [5.41, 5.74) is 2.74. The van der Waals surface area contributed by atoms with Gasteiger partial charge >= 0.3 is 0 Å². The fraction of sp³-hybridized carbons (Fsp3) is 0.375. The molecule has 0 aliphatic carbocycles. The molecule has 1 amide bonds. The maximum absolute atomic E-state index is 12.1. The number of nitrogens with one attached hydrogen (secondary N) is 1. The zero-order valence-corrected chi connectivity index (χ0v) is 14.2. The number of anilines is 1. The van der Waals surface area contributed by atoms with Crippen LogP contribution in [0.3, 0.4) is 0 Å². The minimum Gasteiger partial charge on any atom is -0.302 e. The number of aromatic nitrogens is 4. The first-order valence-corrected chi connectivity index (χ1v) is 8.35. The summed E-state index contributed by atoms with van der Waals surface area (Å²) >= 11 is 1.45. The van der Waals surface area contributed by atoms with Crippen molar-refractivity contribution in [1.29, 1.82) is 0 Å². The van der Waals surface area contributed by atoms with Gasteiger partial charge in [0.15, 0.2) is 5.13 Å². The van der Waals surface area contributed by atoms with E-state index in [0.29, 0.717) is 18.1 Å². The second-order valence-electron chi connectivity index (χ2n) is 6.39. The van der Waals surface area contributed by atoms with Crippen molar-refractivity contribution in [2.45, 2.75) is 39.2 Å². The lowest BCUT2D eigenvalue weighted by molar-refractivity contribution is -0.116. The fourth-order valence-corrected chi connectivity index (χ4v) is 3.10. The van der Waals surface area contributed by atoms with Crippen molar-refractivity contribution in [2.24, 2.45) is 0 Å². The number of thiazole rings is 1. The summed E-state index contributed by atoms with van der Waals surface area (Å²) < 4.78 is 1.75. The van der Waals surface area contributed by atoms with Gasteiger partial charge in [-0.25, -0.2) is 9.67 Å². The highest BCUT2D eigenvalue weighted by atomic mass is 32.1. The number of hydrogen-bond donors (Lipinski definition) is 1. The van der Waals surface area contributed by atoms with E-state index < -0.39 is 0 Å². The molecule has 3 aromatic rings. The summed E-state index contributed by atoms with van der Waals surface area (Å²) in [5.74, 6) is -0.0700. The van der Waals surface area contributed by atoms with Gasteiger partial charge in [0, 0.05) is 17.2 Å². The number of carbonyl (C=O) groups excluding carboxylic acids is 1. The molecule has 120 valence electrons. The predicted octanol–water partition coefficient (Wildman–Crippen LogP) is 3.21. The van der Waals surface area contributed by atoms with Gasteiger partial charge in [0.05, 0.1) is 17.8 Å². The number of amides is 1. The third-order valence-corrected chi connectivity index (χ3v) is 4.25. The normalized spacial score (nSPS) is 11.8. The van der Waals surface area contributed by atoms with E-state index in [1.54, 1.807) is 4.68 Å². The number of nitrogens with zero attached hydrogens (tertiary/aromatic N) is 4. The van der Waals surface area contributed by atoms with Crippen LogP contribution in [0.25, 0.3) is 11.0 Å². The molecule has 2 aromatic heterocycles. The Bertz CT molecular complexity index is 830. The fourth-order valence-electron chi connectivity index (χ4n) is 2.15. The molecule has 0 saturated carbocycles. The van der Waals surface area contributed by atoms with Crippen LogP contribution in [0, 0.1) is 0 Å². The maximum atomic E-state index is 12.1. The van der Waals surface area contributed by atoms with E-state index >= 15 is 0 Å². The van der Waals surface area contributed by atoms with Gasteiger partial charge in [0.2, 0.25) is 5.91 Å². The molecule has 0 bridgehead atoms. The molecule has 0 aliphatic heterocycles. The summed E-state index contributed by atoms with van der Waals surface area (Å²) in [7, 11) is 0. The molecule has 1 aromatic carbocycles. The monoisotopic (exact) mass is 329 g/mol. The largest absolute Gasteiger partial charge is 0.302 e. The van der Waals surface area contributed by atoms with Gasteiger partial charge < -0.3 is 5.32 Å². The van der Waals surface area contributed by atoms with E-state index in [1.165, 1.54) is 11.3 Å². The molecular formula is C16H19N5OS. The molecule has 0 spiro atoms. The number of hydrogen-bond acceptors (Lipinski definition) is 5. The van der Waals surface area contributed by atoms with E-state index in [4.69, 9.17) is 0 Å². The number of para-hydroxylation sites is 1. The third-order valence-electron chi connectivity index (χ3n) is 3.49. The summed E-state index contributed by atoms with van der Waals surface area (Å²) in [6.45, 7) is 6.79. The van der Waals surface area contributed by atoms with Gasteiger partial charge in [0.25, 0.3) is 0 Å². The highest BCUT2D eigenvalue weighted by Gasteiger charge is 2.18. The predicted molar refractivity (Wildman–Crippen MR) is 91.6 cm³/mol. The van der Waals surface area contributed by atoms with Crippen LogP contribution in [0.2, 0.25) is 0 Å². The van der Waals surface area contributed by atoms with Crippen LogP contribution in [0.4, 0.5) is 5.13 Å². The van der Waals surface area contributed by atoms with Crippen molar-refractivity contribution in [3.63, 3.8) is 0 Å². The van der Waals surface area contributed by atoms with Crippen LogP contribution in [0.15, 0.2) is 29.6 Å². The molecule has 0 saturated heterocycles. The van der Waals surface area contributed by atoms with E-state index in [-0.39, 0.29) is 11.3 Å². The molecular weight excluding hydrogens is 310 g/mol. The summed E-state index contributed by atoms with van der Waals surface area (Å²) in [5, 5.41) is 13.6. The topological polar surface area (TPSA) is 72.7 Å². The van der Waals surface area contributed by atoms with Gasteiger partial charge in [-0.15, -0.1) is 16.4 Å². The number of fused-ring (bicyclic) bond motifs is 1. The van der Waals surface area contributed by atoms with E-state index in [9.17, 15) is 4.79 Å². The zero-order chi connectivity index (χ0) is 16.4. The van der Waals surface area contributed by atoms with Crippen LogP contribution in [-0.2, 0) is 16.8 Å². The van der Waals surface area contributed by atoms with Crippen molar-refractivity contribution < 1.29 is 4.79 Å². The molecule has 0 unspecified atom stereocenters. The molecule has 23 heavy (non-hydrogen) atoms. The van der Waals surface area contributed by atoms with Crippen LogP contribution in [0.1, 0.15) is 32.9 Å². The van der Waals surface area contributed by atoms with Crippen molar-refractivity contribution in [3.8, 4) is 0 Å². The molecule has 0 radical (unpaired) electrons. The van der Waals surface area contributed by atoms with Gasteiger partial charge in [-0.3, -0.25) is 4.79 Å². The minimum absolute atomic E-state index is 0.0148. The van der Waals surface area contributed by atoms with Crippen LogP contribution < -0.4 is 5.32 Å². The Balaban J connectivity index is 1.60. The first-order valence-electron chi connectivity index (χ1n) is 7.47. The van der Waals surface area contributed by atoms with E-state index in [2.05, 4.69) is 41.4 Å². The lowest BCUT2D eigenvalue weighted by Gasteiger charge is -2.14. The molecule has 1 N–H and O–H groups in total. The minimum atomic E-state index is -0.0700. The number of carbonyl (C=O) groups is 1. The maximum Gasteiger partial charge on any atom is 0.228 e. The standard InChI is InChI=1S/C16H19N5OS/c1-16(2,3)13-10-23-15(17-13)18-14(22)8-9-21-12-7-5-4-6-11(12)19-20-21/h4-7,10H,8-9H2,1-3H3,(H,17,18,22). The molecule has 0 fully saturated rings. The lowest BCUT2D eigenvalue weighted by Crippen LogP contribution is -2.16. The Morgan fingerprint density at radius 2 is 2.09 bits per heavy atom. The van der Waals surface area contributed by atoms with Crippen LogP contribution in [-0.4, -0.2) is 25.9 Å². The highest BCUT2D eigenvalue weighted by molar-refractivity contribution is 7.13. The number of benzene rings is 1. The van der Waals surface area contributed by atoms with Crippen LogP contribution in [0.5, 0.6) is 0 Å². The van der Waals surface area contributed by atoms with E-state index in [1.807, 2.05) is 29.6 Å². The Labute approximate surface area is 138 Å². The zero-order valence-electron chi connectivity index (χ0n) is 13.4. The molecule has 7 heteroatoms. The molecule has 3 rings (SSSR count). The Hall–Kier alpha value is -2.28. The molecule has 2 heterocycles. The molecule has 0 aliphatic rings. The third kappa shape index (κ3) is 3.56. The first kappa shape index (κ1) is 15.6. The second-order valence-corrected chi connectivity index (χ2v) is 7.25. The summed E-state index contributed by atoms with van der Waals surface area (Å²) in [6, 6.07) is 7.71. The molecule has 0 atom stereocenters. The Kier molecular flexibility index (Phi) is 4.12. The molecule has 6 nitrogen and oxygen atoms in total. The SMILES string of the molecule is CC(C)(C)c1csc(NC(=O)CCn2nnc3ccccc32)n1. The summed E-state index contributed by atoms with van der Waals surface area (Å²) in [4.78, 5) is 16.6. The van der Waals surface area contributed by atoms with Gasteiger partial charge in [0.1, 0.15) is 5.52 Å². The quantitative estimate of drug-likeness (QED) is 0.797. The van der Waals surface area contributed by atoms with Gasteiger partial charge in [-0.05, 0) is 12.1 Å². The number of rotatable bonds is 4. The van der Waals surface area contributed by atoms with Gasteiger partial charge in [-0.1, -0.05) is 38.1 Å².